The molecule has 1 N–H and O–H groups in total. The zero-order valence-electron chi connectivity index (χ0n) is 9.57. The summed E-state index contributed by atoms with van der Waals surface area (Å²) in [7, 11) is 1.95. The molecule has 0 aliphatic carbocycles. The predicted octanol–water partition coefficient (Wildman–Crippen LogP) is 1.87. The number of rotatable bonds is 3. The molecule has 2 rings (SSSR count). The third-order valence-electron chi connectivity index (χ3n) is 2.73. The van der Waals surface area contributed by atoms with Gasteiger partial charge in [0, 0.05) is 19.2 Å². The van der Waals surface area contributed by atoms with Crippen LogP contribution in [0.3, 0.4) is 0 Å². The van der Waals surface area contributed by atoms with E-state index in [0.717, 1.165) is 18.5 Å². The van der Waals surface area contributed by atoms with Crippen molar-refractivity contribution < 1.29 is 4.42 Å². The third kappa shape index (κ3) is 2.06. The topological polar surface area (TPSA) is 59.6 Å². The fourth-order valence-electron chi connectivity index (χ4n) is 1.78. The summed E-state index contributed by atoms with van der Waals surface area (Å²) in [5.41, 5.74) is 3.51. The van der Waals surface area contributed by atoms with Gasteiger partial charge >= 0.3 is 0 Å². The lowest BCUT2D eigenvalue weighted by Gasteiger charge is -1.99. The molecule has 0 aliphatic heterocycles. The first-order chi connectivity index (χ1) is 7.58. The highest BCUT2D eigenvalue weighted by atomic mass is 32.1. The second kappa shape index (κ2) is 4.21. The van der Waals surface area contributed by atoms with Crippen LogP contribution in [0.25, 0.3) is 0 Å². The Hall–Kier alpha value is -1.43. The molecule has 0 radical (unpaired) electrons. The number of hydrogen-bond donors (Lipinski definition) is 1. The van der Waals surface area contributed by atoms with Crippen molar-refractivity contribution in [1.82, 2.24) is 20.0 Å². The number of nitrogens with one attached hydrogen (secondary N) is 1. The van der Waals surface area contributed by atoms with Crippen molar-refractivity contribution in [2.24, 2.45) is 7.05 Å². The number of aryl methyl sites for hydroxylation is 3. The lowest BCUT2D eigenvalue weighted by Crippen LogP contribution is -1.96. The first-order valence-corrected chi connectivity index (χ1v) is 5.52. The highest BCUT2D eigenvalue weighted by Gasteiger charge is 2.10. The molecule has 0 aliphatic rings. The molecule has 0 unspecified atom stereocenters. The molecule has 2 heterocycles. The average Bonchev–Trinajstić information content (AvgIpc) is 2.72. The summed E-state index contributed by atoms with van der Waals surface area (Å²) < 4.78 is 7.11. The summed E-state index contributed by atoms with van der Waals surface area (Å²) in [4.78, 5) is 0.328. The van der Waals surface area contributed by atoms with Crippen LogP contribution >= 0.6 is 12.2 Å². The maximum atomic E-state index is 5.21. The number of hydrogen-bond acceptors (Lipinski definition) is 4. The number of H-pyrrole nitrogens is 1. The van der Waals surface area contributed by atoms with E-state index in [1.165, 1.54) is 11.3 Å². The van der Waals surface area contributed by atoms with E-state index in [-0.39, 0.29) is 0 Å². The van der Waals surface area contributed by atoms with Gasteiger partial charge in [-0.1, -0.05) is 0 Å². The van der Waals surface area contributed by atoms with E-state index in [1.807, 2.05) is 18.7 Å². The van der Waals surface area contributed by atoms with Crippen molar-refractivity contribution in [3.05, 3.63) is 27.7 Å². The summed E-state index contributed by atoms with van der Waals surface area (Å²) in [6.07, 6.45) is 1.61. The summed E-state index contributed by atoms with van der Waals surface area (Å²) in [6.45, 7) is 4.08. The van der Waals surface area contributed by atoms with Gasteiger partial charge in [-0.15, -0.1) is 5.10 Å². The SMILES string of the molecule is Cc1nn(C)c(C)c1CCc1n[nH]c(=S)o1. The standard InChI is InChI=1S/C10H14N4OS/c1-6-8(7(2)14(3)13-6)4-5-9-11-12-10(16)15-9/h4-5H2,1-3H3,(H,12,16). The second-order valence-corrected chi connectivity index (χ2v) is 4.15. The van der Waals surface area contributed by atoms with E-state index in [9.17, 15) is 0 Å². The molecule has 0 aromatic carbocycles. The summed E-state index contributed by atoms with van der Waals surface area (Å²) >= 11 is 4.82. The quantitative estimate of drug-likeness (QED) is 0.829. The molecule has 16 heavy (non-hydrogen) atoms. The van der Waals surface area contributed by atoms with Crippen LogP contribution in [-0.2, 0) is 19.9 Å². The molecule has 5 nitrogen and oxygen atoms in total. The molecule has 0 spiro atoms. The second-order valence-electron chi connectivity index (χ2n) is 3.78. The van der Waals surface area contributed by atoms with Gasteiger partial charge in [0.2, 0.25) is 5.89 Å². The van der Waals surface area contributed by atoms with Gasteiger partial charge < -0.3 is 4.42 Å². The van der Waals surface area contributed by atoms with E-state index in [2.05, 4.69) is 22.2 Å². The average molecular weight is 238 g/mol. The molecule has 0 amide bonds. The van der Waals surface area contributed by atoms with E-state index in [1.54, 1.807) is 0 Å². The van der Waals surface area contributed by atoms with Gasteiger partial charge in [0.05, 0.1) is 5.69 Å². The number of aromatic amines is 1. The van der Waals surface area contributed by atoms with Gasteiger partial charge in [0.25, 0.3) is 4.84 Å². The molecule has 0 saturated carbocycles. The van der Waals surface area contributed by atoms with Crippen LogP contribution in [0, 0.1) is 18.7 Å². The molecule has 0 atom stereocenters. The normalized spacial score (nSPS) is 10.9. The van der Waals surface area contributed by atoms with Crippen LogP contribution in [0.2, 0.25) is 0 Å². The van der Waals surface area contributed by atoms with Gasteiger partial charge in [-0.3, -0.25) is 4.68 Å². The van der Waals surface area contributed by atoms with Crippen molar-refractivity contribution in [3.8, 4) is 0 Å². The Balaban J connectivity index is 2.13. The molecule has 0 saturated heterocycles. The predicted molar refractivity (Wildman–Crippen MR) is 61.8 cm³/mol. The maximum Gasteiger partial charge on any atom is 0.284 e. The molecular formula is C10H14N4OS. The Labute approximate surface area is 98.5 Å². The molecule has 86 valence electrons. The first kappa shape index (κ1) is 11.1. The summed E-state index contributed by atoms with van der Waals surface area (Å²) in [6, 6.07) is 0. The van der Waals surface area contributed by atoms with Crippen molar-refractivity contribution in [2.75, 3.05) is 0 Å². The van der Waals surface area contributed by atoms with Crippen LogP contribution in [0.4, 0.5) is 0 Å². The highest BCUT2D eigenvalue weighted by molar-refractivity contribution is 7.71. The third-order valence-corrected chi connectivity index (χ3v) is 2.90. The van der Waals surface area contributed by atoms with Gasteiger partial charge in [-0.25, -0.2) is 5.10 Å². The van der Waals surface area contributed by atoms with Crippen molar-refractivity contribution in [3.63, 3.8) is 0 Å². The number of aromatic nitrogens is 4. The lowest BCUT2D eigenvalue weighted by atomic mass is 10.1. The molecule has 0 bridgehead atoms. The Morgan fingerprint density at radius 3 is 2.62 bits per heavy atom. The zero-order chi connectivity index (χ0) is 11.7. The minimum atomic E-state index is 0.328. The summed E-state index contributed by atoms with van der Waals surface area (Å²) in [5.74, 6) is 0.646. The first-order valence-electron chi connectivity index (χ1n) is 5.11. The minimum absolute atomic E-state index is 0.328. The molecule has 2 aromatic heterocycles. The Kier molecular flexibility index (Phi) is 2.91. The van der Waals surface area contributed by atoms with Gasteiger partial charge in [0.15, 0.2) is 0 Å². The van der Waals surface area contributed by atoms with Gasteiger partial charge in [0.1, 0.15) is 0 Å². The molecule has 2 aromatic rings. The van der Waals surface area contributed by atoms with Crippen LogP contribution < -0.4 is 0 Å². The van der Waals surface area contributed by atoms with Crippen LogP contribution in [0.5, 0.6) is 0 Å². The number of nitrogens with zero attached hydrogens (tertiary/aromatic N) is 3. The van der Waals surface area contributed by atoms with Crippen LogP contribution in [-0.4, -0.2) is 20.0 Å². The smallest absolute Gasteiger partial charge is 0.284 e. The van der Waals surface area contributed by atoms with Crippen molar-refractivity contribution in [1.29, 1.82) is 0 Å². The largest absolute Gasteiger partial charge is 0.414 e. The maximum absolute atomic E-state index is 5.21. The lowest BCUT2D eigenvalue weighted by molar-refractivity contribution is 0.479. The van der Waals surface area contributed by atoms with Gasteiger partial charge in [-0.2, -0.15) is 5.10 Å². The Bertz CT molecular complexity index is 551. The van der Waals surface area contributed by atoms with Crippen LogP contribution in [0.1, 0.15) is 22.8 Å². The van der Waals surface area contributed by atoms with Crippen molar-refractivity contribution >= 4 is 12.2 Å². The molecular weight excluding hydrogens is 224 g/mol. The Morgan fingerprint density at radius 1 is 1.38 bits per heavy atom. The van der Waals surface area contributed by atoms with Crippen LogP contribution in [0.15, 0.2) is 4.42 Å². The Morgan fingerprint density at radius 2 is 2.12 bits per heavy atom. The fourth-order valence-corrected chi connectivity index (χ4v) is 1.92. The van der Waals surface area contributed by atoms with E-state index in [0.29, 0.717) is 10.7 Å². The zero-order valence-corrected chi connectivity index (χ0v) is 10.4. The molecule has 6 heteroatoms. The van der Waals surface area contributed by atoms with Crippen molar-refractivity contribution in [2.45, 2.75) is 26.7 Å². The monoisotopic (exact) mass is 238 g/mol. The van der Waals surface area contributed by atoms with Gasteiger partial charge in [-0.05, 0) is 38.0 Å². The highest BCUT2D eigenvalue weighted by Crippen LogP contribution is 2.14. The van der Waals surface area contributed by atoms with E-state index < -0.39 is 0 Å². The summed E-state index contributed by atoms with van der Waals surface area (Å²) in [5, 5.41) is 11.0. The molecule has 0 fully saturated rings. The van der Waals surface area contributed by atoms with E-state index >= 15 is 0 Å². The minimum Gasteiger partial charge on any atom is -0.414 e. The fraction of sp³-hybridized carbons (Fsp3) is 0.500. The van der Waals surface area contributed by atoms with E-state index in [4.69, 9.17) is 16.6 Å².